The zero-order valence-corrected chi connectivity index (χ0v) is 15.6. The van der Waals surface area contributed by atoms with Gasteiger partial charge in [0.2, 0.25) is 5.60 Å². The molecule has 1 aliphatic rings. The number of carbonyl (C=O) groups is 1. The molecule has 7 heteroatoms. The first-order valence-corrected chi connectivity index (χ1v) is 8.87. The van der Waals surface area contributed by atoms with E-state index in [1.165, 1.54) is 4.90 Å². The number of pyridine rings is 1. The maximum atomic E-state index is 12.1. The van der Waals surface area contributed by atoms with Crippen LogP contribution in [0.5, 0.6) is 0 Å². The van der Waals surface area contributed by atoms with Crippen LogP contribution in [0.25, 0.3) is 22.3 Å². The summed E-state index contributed by atoms with van der Waals surface area (Å²) in [5.41, 5.74) is 7.44. The van der Waals surface area contributed by atoms with Crippen LogP contribution in [0, 0.1) is 18.8 Å². The van der Waals surface area contributed by atoms with Gasteiger partial charge in [0.25, 0.3) is 5.91 Å². The van der Waals surface area contributed by atoms with Gasteiger partial charge in [0.05, 0.1) is 11.7 Å². The Morgan fingerprint density at radius 2 is 2.11 bits per heavy atom. The molecule has 1 atom stereocenters. The Morgan fingerprint density at radius 1 is 1.29 bits per heavy atom. The van der Waals surface area contributed by atoms with Gasteiger partial charge in [-0.25, -0.2) is 9.97 Å². The minimum absolute atomic E-state index is 0.297. The highest BCUT2D eigenvalue weighted by Crippen LogP contribution is 2.27. The topological polar surface area (TPSA) is 105 Å². The quantitative estimate of drug-likeness (QED) is 0.627. The number of rotatable bonds is 1. The van der Waals surface area contributed by atoms with E-state index in [9.17, 15) is 9.90 Å². The van der Waals surface area contributed by atoms with Gasteiger partial charge in [-0.2, -0.15) is 0 Å². The van der Waals surface area contributed by atoms with Gasteiger partial charge in [-0.15, -0.1) is 0 Å². The van der Waals surface area contributed by atoms with Crippen LogP contribution in [-0.2, 0) is 4.79 Å². The van der Waals surface area contributed by atoms with Gasteiger partial charge in [0, 0.05) is 42.7 Å². The molecule has 0 spiro atoms. The first kappa shape index (κ1) is 17.9. The Kier molecular flexibility index (Phi) is 4.21. The third-order valence-electron chi connectivity index (χ3n) is 5.02. The van der Waals surface area contributed by atoms with Crippen LogP contribution in [0.3, 0.4) is 0 Å². The average Bonchev–Trinajstić information content (AvgIpc) is 2.95. The molecule has 0 radical (unpaired) electrons. The summed E-state index contributed by atoms with van der Waals surface area (Å²) in [6.45, 7) is 2.39. The summed E-state index contributed by atoms with van der Waals surface area (Å²) in [6.07, 6.45) is 3.59. The van der Waals surface area contributed by atoms with E-state index in [2.05, 4.69) is 26.8 Å². The molecule has 2 aromatic heterocycles. The molecule has 3 aromatic rings. The largest absolute Gasteiger partial charge is 0.383 e. The Morgan fingerprint density at radius 3 is 2.86 bits per heavy atom. The molecular weight excluding hydrogens is 354 g/mol. The van der Waals surface area contributed by atoms with Crippen molar-refractivity contribution in [1.29, 1.82) is 0 Å². The summed E-state index contributed by atoms with van der Waals surface area (Å²) < 4.78 is 0. The van der Waals surface area contributed by atoms with Crippen molar-refractivity contribution in [1.82, 2.24) is 19.9 Å². The van der Waals surface area contributed by atoms with E-state index < -0.39 is 5.60 Å². The Hall–Kier alpha value is -3.50. The summed E-state index contributed by atoms with van der Waals surface area (Å²) in [7, 11) is 1.66. The van der Waals surface area contributed by atoms with E-state index >= 15 is 0 Å². The molecule has 1 aliphatic heterocycles. The van der Waals surface area contributed by atoms with E-state index in [0.717, 1.165) is 16.5 Å². The fourth-order valence-electron chi connectivity index (χ4n) is 3.28. The second-order valence-corrected chi connectivity index (χ2v) is 6.89. The molecule has 28 heavy (non-hydrogen) atoms. The van der Waals surface area contributed by atoms with Gasteiger partial charge >= 0.3 is 0 Å². The Balaban J connectivity index is 1.77. The lowest BCUT2D eigenvalue weighted by molar-refractivity contribution is -0.137. The highest BCUT2D eigenvalue weighted by molar-refractivity contribution is 5.91. The molecule has 1 saturated heterocycles. The SMILES string of the molecule is Cc1c(C#C[C@]2(O)CCN(C)C2=O)cccc1-c1nc(N)c2ccncc2n1. The molecule has 0 unspecified atom stereocenters. The highest BCUT2D eigenvalue weighted by atomic mass is 16.3. The standard InChI is InChI=1S/C21H19N5O2/c1-13-14(6-8-21(28)9-11-26(2)20(21)27)4-3-5-15(13)19-24-17-12-23-10-7-16(17)18(22)25-19/h3-5,7,10,12,28H,9,11H2,1-2H3,(H2,22,24,25)/t21-/m0/s1. The summed E-state index contributed by atoms with van der Waals surface area (Å²) in [6, 6.07) is 7.34. The number of likely N-dealkylation sites (tertiary alicyclic amines) is 1. The van der Waals surface area contributed by atoms with Crippen molar-refractivity contribution in [3.63, 3.8) is 0 Å². The van der Waals surface area contributed by atoms with Gasteiger partial charge in [0.1, 0.15) is 5.82 Å². The summed E-state index contributed by atoms with van der Waals surface area (Å²) in [4.78, 5) is 26.7. The highest BCUT2D eigenvalue weighted by Gasteiger charge is 2.42. The Bertz CT molecular complexity index is 1160. The molecule has 7 nitrogen and oxygen atoms in total. The van der Waals surface area contributed by atoms with E-state index in [4.69, 9.17) is 5.73 Å². The third-order valence-corrected chi connectivity index (χ3v) is 5.02. The third kappa shape index (κ3) is 2.94. The molecule has 0 aliphatic carbocycles. The molecule has 0 bridgehead atoms. The van der Waals surface area contributed by atoms with E-state index in [1.807, 2.05) is 25.1 Å². The zero-order chi connectivity index (χ0) is 19.9. The number of nitrogens with zero attached hydrogens (tertiary/aromatic N) is 4. The van der Waals surface area contributed by atoms with Crippen LogP contribution in [0.1, 0.15) is 17.5 Å². The number of anilines is 1. The van der Waals surface area contributed by atoms with Crippen molar-refractivity contribution in [2.24, 2.45) is 0 Å². The monoisotopic (exact) mass is 373 g/mol. The lowest BCUT2D eigenvalue weighted by atomic mass is 9.99. The number of hydrogen-bond acceptors (Lipinski definition) is 6. The fourth-order valence-corrected chi connectivity index (χ4v) is 3.28. The number of fused-ring (bicyclic) bond motifs is 1. The number of carbonyl (C=O) groups excluding carboxylic acids is 1. The number of amides is 1. The maximum Gasteiger partial charge on any atom is 0.267 e. The second kappa shape index (κ2) is 6.59. The summed E-state index contributed by atoms with van der Waals surface area (Å²) >= 11 is 0. The van der Waals surface area contributed by atoms with E-state index in [0.29, 0.717) is 35.7 Å². The van der Waals surface area contributed by atoms with E-state index in [1.54, 1.807) is 25.5 Å². The van der Waals surface area contributed by atoms with E-state index in [-0.39, 0.29) is 5.91 Å². The van der Waals surface area contributed by atoms with Gasteiger partial charge in [-0.3, -0.25) is 9.78 Å². The van der Waals surface area contributed by atoms with Crippen LogP contribution in [0.2, 0.25) is 0 Å². The lowest BCUT2D eigenvalue weighted by Crippen LogP contribution is -2.37. The smallest absolute Gasteiger partial charge is 0.267 e. The maximum absolute atomic E-state index is 12.1. The number of aliphatic hydroxyl groups is 1. The molecule has 1 amide bonds. The van der Waals surface area contributed by atoms with Crippen molar-refractivity contribution >= 4 is 22.6 Å². The van der Waals surface area contributed by atoms with Crippen LogP contribution in [0.15, 0.2) is 36.7 Å². The molecular formula is C21H19N5O2. The molecule has 140 valence electrons. The molecule has 1 fully saturated rings. The minimum atomic E-state index is -1.63. The van der Waals surface area contributed by atoms with Crippen molar-refractivity contribution < 1.29 is 9.90 Å². The number of nitrogens with two attached hydrogens (primary N) is 1. The van der Waals surface area contributed by atoms with Gasteiger partial charge in [-0.05, 0) is 24.6 Å². The van der Waals surface area contributed by atoms with Gasteiger partial charge in [-0.1, -0.05) is 24.0 Å². The molecule has 0 saturated carbocycles. The molecule has 4 rings (SSSR count). The van der Waals surface area contributed by atoms with Crippen LogP contribution in [-0.4, -0.2) is 50.1 Å². The zero-order valence-electron chi connectivity index (χ0n) is 15.6. The van der Waals surface area contributed by atoms with Crippen LogP contribution in [0.4, 0.5) is 5.82 Å². The predicted molar refractivity (Wildman–Crippen MR) is 106 cm³/mol. The summed E-state index contributed by atoms with van der Waals surface area (Å²) in [5, 5.41) is 11.3. The van der Waals surface area contributed by atoms with Gasteiger partial charge < -0.3 is 15.7 Å². The fraction of sp³-hybridized carbons (Fsp3) is 0.238. The molecule has 3 heterocycles. The first-order valence-electron chi connectivity index (χ1n) is 8.87. The molecule has 3 N–H and O–H groups in total. The van der Waals surface area contributed by atoms with Crippen molar-refractivity contribution in [2.45, 2.75) is 18.9 Å². The number of benzene rings is 1. The predicted octanol–water partition coefficient (Wildman–Crippen LogP) is 1.53. The molecule has 1 aromatic carbocycles. The van der Waals surface area contributed by atoms with Crippen molar-refractivity contribution in [2.75, 3.05) is 19.3 Å². The number of aromatic nitrogens is 3. The van der Waals surface area contributed by atoms with Crippen LogP contribution < -0.4 is 5.73 Å². The van der Waals surface area contributed by atoms with Crippen molar-refractivity contribution in [3.8, 4) is 23.2 Å². The number of nitrogen functional groups attached to an aromatic ring is 1. The minimum Gasteiger partial charge on any atom is -0.383 e. The first-order chi connectivity index (χ1) is 13.4. The van der Waals surface area contributed by atoms with Crippen LogP contribution >= 0.6 is 0 Å². The normalized spacial score (nSPS) is 19.0. The Labute approximate surface area is 162 Å². The van der Waals surface area contributed by atoms with Gasteiger partial charge in [0.15, 0.2) is 5.82 Å². The number of likely N-dealkylation sites (N-methyl/N-ethyl adjacent to an activating group) is 1. The lowest BCUT2D eigenvalue weighted by Gasteiger charge is -2.13. The average molecular weight is 373 g/mol. The van der Waals surface area contributed by atoms with Crippen molar-refractivity contribution in [3.05, 3.63) is 47.8 Å². The number of hydrogen-bond donors (Lipinski definition) is 2. The second-order valence-electron chi connectivity index (χ2n) is 6.89. The summed E-state index contributed by atoms with van der Waals surface area (Å²) in [5.74, 6) is 6.21.